The standard InChI is InChI=1S/C16H29/c1-14-10-6-5-9-13-16(14)15-11-7-3-2-4-8-12-15/h14-15H,2-13H2,1H3. The maximum absolute atomic E-state index is 2.50. The minimum atomic E-state index is 0.937. The van der Waals surface area contributed by atoms with Gasteiger partial charge in [-0.25, -0.2) is 0 Å². The molecule has 1 atom stereocenters. The van der Waals surface area contributed by atoms with Gasteiger partial charge in [-0.05, 0) is 37.0 Å². The first-order valence-electron chi connectivity index (χ1n) is 7.73. The Balaban J connectivity index is 1.90. The molecule has 2 aliphatic carbocycles. The average Bonchev–Trinajstić information content (AvgIpc) is 2.43. The summed E-state index contributed by atoms with van der Waals surface area (Å²) in [7, 11) is 0. The van der Waals surface area contributed by atoms with Crippen molar-refractivity contribution in [3.63, 3.8) is 0 Å². The van der Waals surface area contributed by atoms with Gasteiger partial charge in [-0.3, -0.25) is 0 Å². The van der Waals surface area contributed by atoms with Crippen molar-refractivity contribution in [2.75, 3.05) is 0 Å². The molecule has 0 heteroatoms. The molecule has 0 heterocycles. The van der Waals surface area contributed by atoms with Crippen molar-refractivity contribution in [2.45, 2.75) is 84.0 Å². The molecule has 2 rings (SSSR count). The lowest BCUT2D eigenvalue weighted by Crippen LogP contribution is -2.20. The summed E-state index contributed by atoms with van der Waals surface area (Å²) in [5.41, 5.74) is 0. The van der Waals surface area contributed by atoms with Gasteiger partial charge >= 0.3 is 0 Å². The molecule has 2 fully saturated rings. The molecule has 2 aliphatic rings. The Morgan fingerprint density at radius 3 is 2.00 bits per heavy atom. The molecule has 2 saturated carbocycles. The van der Waals surface area contributed by atoms with Gasteiger partial charge in [0.2, 0.25) is 0 Å². The second-order valence-corrected chi connectivity index (χ2v) is 6.12. The van der Waals surface area contributed by atoms with E-state index in [1.54, 1.807) is 0 Å². The highest BCUT2D eigenvalue weighted by molar-refractivity contribution is 5.01. The number of hydrogen-bond donors (Lipinski definition) is 0. The van der Waals surface area contributed by atoms with E-state index < -0.39 is 0 Å². The molecule has 93 valence electrons. The Bertz CT molecular complexity index is 176. The third-order valence-corrected chi connectivity index (χ3v) is 4.87. The SMILES string of the molecule is CC1CCCCC[C]1C1CCCCCCC1. The van der Waals surface area contributed by atoms with Crippen LogP contribution in [0.4, 0.5) is 0 Å². The molecule has 1 unspecified atom stereocenters. The van der Waals surface area contributed by atoms with Crippen LogP contribution in [0.5, 0.6) is 0 Å². The molecule has 1 radical (unpaired) electrons. The van der Waals surface area contributed by atoms with Crippen LogP contribution in [0.2, 0.25) is 0 Å². The van der Waals surface area contributed by atoms with Gasteiger partial charge in [-0.15, -0.1) is 0 Å². The van der Waals surface area contributed by atoms with E-state index >= 15 is 0 Å². The third kappa shape index (κ3) is 3.50. The Morgan fingerprint density at radius 2 is 1.25 bits per heavy atom. The first-order valence-corrected chi connectivity index (χ1v) is 7.73. The molecule has 0 nitrogen and oxygen atoms in total. The van der Waals surface area contributed by atoms with Gasteiger partial charge in [0.1, 0.15) is 0 Å². The number of hydrogen-bond acceptors (Lipinski definition) is 0. The van der Waals surface area contributed by atoms with Crippen LogP contribution in [0, 0.1) is 17.8 Å². The smallest absolute Gasteiger partial charge is 0.0182 e. The van der Waals surface area contributed by atoms with Crippen LogP contribution in [0.25, 0.3) is 0 Å². The minimum absolute atomic E-state index is 0.937. The summed E-state index contributed by atoms with van der Waals surface area (Å²) in [5.74, 6) is 3.92. The summed E-state index contributed by atoms with van der Waals surface area (Å²) in [6.45, 7) is 2.50. The molecule has 0 spiro atoms. The summed E-state index contributed by atoms with van der Waals surface area (Å²) in [6.07, 6.45) is 17.9. The molecule has 0 aromatic carbocycles. The van der Waals surface area contributed by atoms with Crippen LogP contribution in [0.1, 0.15) is 84.0 Å². The van der Waals surface area contributed by atoms with E-state index in [0.29, 0.717) is 0 Å². The van der Waals surface area contributed by atoms with Crippen LogP contribution >= 0.6 is 0 Å². The molecule has 0 aliphatic heterocycles. The first kappa shape index (κ1) is 12.5. The van der Waals surface area contributed by atoms with Gasteiger partial charge in [0.05, 0.1) is 0 Å². The molecule has 0 bridgehead atoms. The highest BCUT2D eigenvalue weighted by Gasteiger charge is 2.28. The largest absolute Gasteiger partial charge is 0.0619 e. The zero-order valence-corrected chi connectivity index (χ0v) is 11.1. The molecular weight excluding hydrogens is 192 g/mol. The average molecular weight is 221 g/mol. The molecule has 0 amide bonds. The van der Waals surface area contributed by atoms with E-state index in [1.807, 2.05) is 5.92 Å². The maximum Gasteiger partial charge on any atom is -0.0182 e. The Kier molecular flexibility index (Phi) is 5.19. The van der Waals surface area contributed by atoms with E-state index in [-0.39, 0.29) is 0 Å². The Labute approximate surface area is 102 Å². The molecule has 0 aromatic heterocycles. The van der Waals surface area contributed by atoms with Crippen molar-refractivity contribution in [1.82, 2.24) is 0 Å². The fraction of sp³-hybridized carbons (Fsp3) is 0.938. The maximum atomic E-state index is 2.50. The molecule has 0 aromatic rings. The van der Waals surface area contributed by atoms with E-state index in [2.05, 4.69) is 6.92 Å². The summed E-state index contributed by atoms with van der Waals surface area (Å²) in [4.78, 5) is 0. The first-order chi connectivity index (χ1) is 7.88. The lowest BCUT2D eigenvalue weighted by molar-refractivity contribution is 0.331. The van der Waals surface area contributed by atoms with E-state index in [4.69, 9.17) is 0 Å². The van der Waals surface area contributed by atoms with Crippen molar-refractivity contribution in [3.8, 4) is 0 Å². The lowest BCUT2D eigenvalue weighted by Gasteiger charge is -2.31. The van der Waals surface area contributed by atoms with E-state index in [9.17, 15) is 0 Å². The van der Waals surface area contributed by atoms with Gasteiger partial charge in [0.25, 0.3) is 0 Å². The summed E-state index contributed by atoms with van der Waals surface area (Å²) < 4.78 is 0. The zero-order chi connectivity index (χ0) is 11.2. The van der Waals surface area contributed by atoms with Crippen molar-refractivity contribution in [2.24, 2.45) is 11.8 Å². The quantitative estimate of drug-likeness (QED) is 0.511. The second kappa shape index (κ2) is 6.67. The van der Waals surface area contributed by atoms with Crippen LogP contribution in [0.15, 0.2) is 0 Å². The summed E-state index contributed by atoms with van der Waals surface area (Å²) >= 11 is 0. The lowest BCUT2D eigenvalue weighted by atomic mass is 9.74. The monoisotopic (exact) mass is 221 g/mol. The van der Waals surface area contributed by atoms with Gasteiger partial charge in [-0.1, -0.05) is 64.7 Å². The highest BCUT2D eigenvalue weighted by atomic mass is 14.3. The summed E-state index contributed by atoms with van der Waals surface area (Å²) in [6, 6.07) is 0. The van der Waals surface area contributed by atoms with Crippen molar-refractivity contribution >= 4 is 0 Å². The normalized spacial score (nSPS) is 31.7. The van der Waals surface area contributed by atoms with Crippen LogP contribution in [0.3, 0.4) is 0 Å². The predicted octanol–water partition coefficient (Wildman–Crippen LogP) is 5.52. The van der Waals surface area contributed by atoms with E-state index in [1.165, 1.54) is 77.0 Å². The van der Waals surface area contributed by atoms with Gasteiger partial charge in [-0.2, -0.15) is 0 Å². The van der Waals surface area contributed by atoms with Crippen molar-refractivity contribution < 1.29 is 0 Å². The fourth-order valence-corrected chi connectivity index (χ4v) is 3.82. The fourth-order valence-electron chi connectivity index (χ4n) is 3.82. The predicted molar refractivity (Wildman–Crippen MR) is 71.3 cm³/mol. The van der Waals surface area contributed by atoms with Gasteiger partial charge < -0.3 is 0 Å². The Morgan fingerprint density at radius 1 is 0.688 bits per heavy atom. The zero-order valence-electron chi connectivity index (χ0n) is 11.1. The Hall–Kier alpha value is 0. The highest BCUT2D eigenvalue weighted by Crippen LogP contribution is 2.40. The summed E-state index contributed by atoms with van der Waals surface area (Å²) in [5, 5.41) is 0. The second-order valence-electron chi connectivity index (χ2n) is 6.12. The van der Waals surface area contributed by atoms with Crippen LogP contribution in [-0.2, 0) is 0 Å². The third-order valence-electron chi connectivity index (χ3n) is 4.87. The van der Waals surface area contributed by atoms with Crippen molar-refractivity contribution in [1.29, 1.82) is 0 Å². The molecular formula is C16H29. The van der Waals surface area contributed by atoms with E-state index in [0.717, 1.165) is 11.8 Å². The molecule has 16 heavy (non-hydrogen) atoms. The minimum Gasteiger partial charge on any atom is -0.0619 e. The van der Waals surface area contributed by atoms with Gasteiger partial charge in [0, 0.05) is 0 Å². The van der Waals surface area contributed by atoms with Gasteiger partial charge in [0.15, 0.2) is 0 Å². The van der Waals surface area contributed by atoms with Crippen molar-refractivity contribution in [3.05, 3.63) is 5.92 Å². The van der Waals surface area contributed by atoms with Crippen LogP contribution in [-0.4, -0.2) is 0 Å². The van der Waals surface area contributed by atoms with Crippen LogP contribution < -0.4 is 0 Å². The molecule has 0 saturated heterocycles. The topological polar surface area (TPSA) is 0 Å². The molecule has 0 N–H and O–H groups in total. The number of rotatable bonds is 1.